The molecule has 2 aliphatic rings. The van der Waals surface area contributed by atoms with E-state index in [1.807, 2.05) is 19.1 Å². The molecule has 0 radical (unpaired) electrons. The van der Waals surface area contributed by atoms with E-state index >= 15 is 4.39 Å². The highest BCUT2D eigenvalue weighted by molar-refractivity contribution is 5.92. The van der Waals surface area contributed by atoms with Gasteiger partial charge in [0.15, 0.2) is 0 Å². The standard InChI is InChI=1S/C26H31FO2/c1-4-18-5-7-19(8-6-18)17(3)20-9-11-21(12-10-20)23-14-13-22-15-16(2)29-26(28)24(22)25(23)27/h5-8,13-14,16-17,20-21H,4,9-12,15H2,1-3H3. The Bertz CT molecular complexity index is 878. The van der Waals surface area contributed by atoms with Crippen LogP contribution in [-0.4, -0.2) is 12.1 Å². The molecule has 0 aromatic heterocycles. The molecule has 3 heteroatoms. The van der Waals surface area contributed by atoms with Gasteiger partial charge in [-0.2, -0.15) is 0 Å². The first-order valence-electron chi connectivity index (χ1n) is 11.1. The topological polar surface area (TPSA) is 26.3 Å². The Morgan fingerprint density at radius 1 is 1.07 bits per heavy atom. The first kappa shape index (κ1) is 20.1. The van der Waals surface area contributed by atoms with Gasteiger partial charge in [-0.05, 0) is 79.0 Å². The van der Waals surface area contributed by atoms with Crippen molar-refractivity contribution in [3.8, 4) is 0 Å². The van der Waals surface area contributed by atoms with Crippen molar-refractivity contribution in [3.05, 3.63) is 70.0 Å². The summed E-state index contributed by atoms with van der Waals surface area (Å²) in [5, 5.41) is 0. The summed E-state index contributed by atoms with van der Waals surface area (Å²) in [7, 11) is 0. The van der Waals surface area contributed by atoms with E-state index in [1.54, 1.807) is 0 Å². The predicted octanol–water partition coefficient (Wildman–Crippen LogP) is 6.57. The lowest BCUT2D eigenvalue weighted by Crippen LogP contribution is -2.27. The number of benzene rings is 2. The minimum Gasteiger partial charge on any atom is -0.459 e. The summed E-state index contributed by atoms with van der Waals surface area (Å²) in [6.07, 6.45) is 5.63. The van der Waals surface area contributed by atoms with Crippen LogP contribution >= 0.6 is 0 Å². The molecule has 2 aromatic carbocycles. The minimum atomic E-state index is -0.504. The summed E-state index contributed by atoms with van der Waals surface area (Å²) in [5.41, 5.74) is 4.44. The smallest absolute Gasteiger partial charge is 0.341 e. The first-order valence-corrected chi connectivity index (χ1v) is 11.1. The summed E-state index contributed by atoms with van der Waals surface area (Å²) < 4.78 is 20.5. The van der Waals surface area contributed by atoms with Gasteiger partial charge in [0.25, 0.3) is 0 Å². The van der Waals surface area contributed by atoms with Gasteiger partial charge in [-0.3, -0.25) is 0 Å². The van der Waals surface area contributed by atoms with E-state index in [0.717, 1.165) is 37.7 Å². The van der Waals surface area contributed by atoms with Crippen LogP contribution < -0.4 is 0 Å². The molecule has 2 nitrogen and oxygen atoms in total. The maximum Gasteiger partial charge on any atom is 0.341 e. The maximum absolute atomic E-state index is 15.2. The summed E-state index contributed by atoms with van der Waals surface area (Å²) in [6.45, 7) is 6.35. The molecule has 0 bridgehead atoms. The van der Waals surface area contributed by atoms with Gasteiger partial charge in [0.05, 0.1) is 5.56 Å². The van der Waals surface area contributed by atoms with E-state index in [2.05, 4.69) is 38.1 Å². The Kier molecular flexibility index (Phi) is 5.76. The molecule has 0 saturated heterocycles. The third-order valence-corrected chi connectivity index (χ3v) is 7.11. The lowest BCUT2D eigenvalue weighted by atomic mass is 9.72. The zero-order valence-corrected chi connectivity index (χ0v) is 17.7. The SMILES string of the molecule is CCc1ccc(C(C)C2CCC(c3ccc4c(c3F)C(=O)OC(C)C4)CC2)cc1. The number of ether oxygens (including phenoxy) is 1. The van der Waals surface area contributed by atoms with Crippen molar-refractivity contribution in [1.82, 2.24) is 0 Å². The van der Waals surface area contributed by atoms with Gasteiger partial charge < -0.3 is 4.74 Å². The molecule has 29 heavy (non-hydrogen) atoms. The van der Waals surface area contributed by atoms with Crippen molar-refractivity contribution in [2.45, 2.75) is 77.2 Å². The lowest BCUT2D eigenvalue weighted by Gasteiger charge is -2.33. The number of cyclic esters (lactones) is 1. The second-order valence-corrected chi connectivity index (χ2v) is 8.92. The van der Waals surface area contributed by atoms with Gasteiger partial charge in [-0.15, -0.1) is 0 Å². The Balaban J connectivity index is 1.46. The predicted molar refractivity (Wildman–Crippen MR) is 114 cm³/mol. The van der Waals surface area contributed by atoms with Gasteiger partial charge >= 0.3 is 5.97 Å². The number of aryl methyl sites for hydroxylation is 1. The number of carbonyl (C=O) groups is 1. The molecule has 0 amide bonds. The second-order valence-electron chi connectivity index (χ2n) is 8.92. The van der Waals surface area contributed by atoms with Crippen LogP contribution in [0.3, 0.4) is 0 Å². The number of fused-ring (bicyclic) bond motifs is 1. The lowest BCUT2D eigenvalue weighted by molar-refractivity contribution is 0.0293. The van der Waals surface area contributed by atoms with Crippen molar-refractivity contribution >= 4 is 5.97 Å². The van der Waals surface area contributed by atoms with Crippen LogP contribution in [0.25, 0.3) is 0 Å². The van der Waals surface area contributed by atoms with Crippen molar-refractivity contribution < 1.29 is 13.9 Å². The van der Waals surface area contributed by atoms with E-state index in [9.17, 15) is 4.79 Å². The van der Waals surface area contributed by atoms with Crippen LogP contribution in [-0.2, 0) is 17.6 Å². The molecule has 1 aliphatic heterocycles. The quantitative estimate of drug-likeness (QED) is 0.548. The van der Waals surface area contributed by atoms with Gasteiger partial charge in [-0.1, -0.05) is 50.2 Å². The molecule has 2 aromatic rings. The van der Waals surface area contributed by atoms with Crippen molar-refractivity contribution in [3.63, 3.8) is 0 Å². The van der Waals surface area contributed by atoms with Crippen molar-refractivity contribution in [1.29, 1.82) is 0 Å². The molecule has 2 atom stereocenters. The van der Waals surface area contributed by atoms with Crippen LogP contribution in [0.15, 0.2) is 36.4 Å². The van der Waals surface area contributed by atoms with Crippen LogP contribution in [0, 0.1) is 11.7 Å². The molecular weight excluding hydrogens is 363 g/mol. The maximum atomic E-state index is 15.2. The Morgan fingerprint density at radius 2 is 1.76 bits per heavy atom. The monoisotopic (exact) mass is 394 g/mol. The summed E-state index contributed by atoms with van der Waals surface area (Å²) >= 11 is 0. The average Bonchev–Trinajstić information content (AvgIpc) is 2.73. The number of rotatable bonds is 4. The highest BCUT2D eigenvalue weighted by Gasteiger charge is 2.32. The number of esters is 1. The van der Waals surface area contributed by atoms with E-state index in [4.69, 9.17) is 4.74 Å². The van der Waals surface area contributed by atoms with Crippen LogP contribution in [0.1, 0.15) is 90.9 Å². The highest BCUT2D eigenvalue weighted by Crippen LogP contribution is 2.43. The van der Waals surface area contributed by atoms with Crippen LogP contribution in [0.5, 0.6) is 0 Å². The largest absolute Gasteiger partial charge is 0.459 e. The molecule has 154 valence electrons. The third kappa shape index (κ3) is 3.97. The molecule has 2 unspecified atom stereocenters. The summed E-state index contributed by atoms with van der Waals surface area (Å²) in [4.78, 5) is 12.2. The molecule has 0 N–H and O–H groups in total. The number of carbonyl (C=O) groups excluding carboxylic acids is 1. The van der Waals surface area contributed by atoms with Gasteiger partial charge in [0.1, 0.15) is 11.9 Å². The Hall–Kier alpha value is -2.16. The van der Waals surface area contributed by atoms with E-state index in [-0.39, 0.29) is 23.4 Å². The normalized spacial score (nSPS) is 25.2. The van der Waals surface area contributed by atoms with Gasteiger partial charge in [0.2, 0.25) is 0 Å². The zero-order valence-electron chi connectivity index (χ0n) is 17.7. The molecule has 1 fully saturated rings. The van der Waals surface area contributed by atoms with E-state index in [0.29, 0.717) is 23.8 Å². The van der Waals surface area contributed by atoms with Crippen LogP contribution in [0.2, 0.25) is 0 Å². The molecule has 0 spiro atoms. The van der Waals surface area contributed by atoms with E-state index in [1.165, 1.54) is 11.1 Å². The number of hydrogen-bond acceptors (Lipinski definition) is 2. The van der Waals surface area contributed by atoms with Crippen molar-refractivity contribution in [2.24, 2.45) is 5.92 Å². The molecule has 1 aliphatic carbocycles. The zero-order chi connectivity index (χ0) is 20.5. The Labute approximate surface area is 173 Å². The fourth-order valence-electron chi connectivity index (χ4n) is 5.19. The van der Waals surface area contributed by atoms with Crippen LogP contribution in [0.4, 0.5) is 4.39 Å². The average molecular weight is 395 g/mol. The fourth-order valence-corrected chi connectivity index (χ4v) is 5.19. The fraction of sp³-hybridized carbons (Fsp3) is 0.500. The van der Waals surface area contributed by atoms with Gasteiger partial charge in [-0.25, -0.2) is 9.18 Å². The highest BCUT2D eigenvalue weighted by atomic mass is 19.1. The summed E-state index contributed by atoms with van der Waals surface area (Å²) in [5.74, 6) is 0.497. The third-order valence-electron chi connectivity index (χ3n) is 7.11. The molecular formula is C26H31FO2. The first-order chi connectivity index (χ1) is 14.0. The molecule has 4 rings (SSSR count). The molecule has 1 heterocycles. The van der Waals surface area contributed by atoms with E-state index < -0.39 is 5.97 Å². The number of halogens is 1. The minimum absolute atomic E-state index is 0.173. The van der Waals surface area contributed by atoms with Gasteiger partial charge in [0, 0.05) is 6.42 Å². The Morgan fingerprint density at radius 3 is 2.41 bits per heavy atom. The number of hydrogen-bond donors (Lipinski definition) is 0. The summed E-state index contributed by atoms with van der Waals surface area (Å²) in [6, 6.07) is 12.9. The van der Waals surface area contributed by atoms with Crippen molar-refractivity contribution in [2.75, 3.05) is 0 Å². The second kappa shape index (κ2) is 8.30. The molecule has 1 saturated carbocycles.